The standard InChI is InChI=1S/C15H25N3O/c1-13(2)18-15(16-3)17-11-7-8-12-19-14-9-5-4-6-10-14/h4-6,9-10,13H,7-8,11-12H2,1-3H3,(H2,16,17,18). The number of rotatable bonds is 7. The fourth-order valence-corrected chi connectivity index (χ4v) is 1.61. The number of aliphatic imine (C=N–C) groups is 1. The topological polar surface area (TPSA) is 45.7 Å². The molecule has 4 nitrogen and oxygen atoms in total. The van der Waals surface area contributed by atoms with E-state index >= 15 is 0 Å². The summed E-state index contributed by atoms with van der Waals surface area (Å²) in [7, 11) is 1.79. The number of hydrogen-bond acceptors (Lipinski definition) is 2. The van der Waals surface area contributed by atoms with Gasteiger partial charge in [0, 0.05) is 19.6 Å². The molecule has 1 rings (SSSR count). The summed E-state index contributed by atoms with van der Waals surface area (Å²) in [6.45, 7) is 5.85. The van der Waals surface area contributed by atoms with E-state index in [-0.39, 0.29) is 0 Å². The van der Waals surface area contributed by atoms with Crippen LogP contribution in [0.2, 0.25) is 0 Å². The number of unbranched alkanes of at least 4 members (excludes halogenated alkanes) is 1. The molecule has 1 aromatic carbocycles. The first-order chi connectivity index (χ1) is 9.22. The van der Waals surface area contributed by atoms with Crippen molar-refractivity contribution in [2.75, 3.05) is 20.2 Å². The molecule has 0 aromatic heterocycles. The van der Waals surface area contributed by atoms with Crippen LogP contribution in [-0.2, 0) is 0 Å². The quantitative estimate of drug-likeness (QED) is 0.451. The normalized spacial score (nSPS) is 11.5. The first-order valence-electron chi connectivity index (χ1n) is 6.87. The Kier molecular flexibility index (Phi) is 7.47. The molecular formula is C15H25N3O. The van der Waals surface area contributed by atoms with E-state index in [9.17, 15) is 0 Å². The summed E-state index contributed by atoms with van der Waals surface area (Å²) < 4.78 is 5.63. The first kappa shape index (κ1) is 15.3. The summed E-state index contributed by atoms with van der Waals surface area (Å²) in [5.74, 6) is 1.80. The second-order valence-corrected chi connectivity index (χ2v) is 4.67. The van der Waals surface area contributed by atoms with E-state index in [2.05, 4.69) is 29.5 Å². The smallest absolute Gasteiger partial charge is 0.191 e. The van der Waals surface area contributed by atoms with Crippen LogP contribution in [0.15, 0.2) is 35.3 Å². The van der Waals surface area contributed by atoms with E-state index in [0.29, 0.717) is 6.04 Å². The van der Waals surface area contributed by atoms with Crippen LogP contribution in [-0.4, -0.2) is 32.2 Å². The lowest BCUT2D eigenvalue weighted by Gasteiger charge is -2.14. The monoisotopic (exact) mass is 263 g/mol. The molecule has 4 heteroatoms. The third kappa shape index (κ3) is 7.34. The molecule has 0 unspecified atom stereocenters. The Labute approximate surface area is 116 Å². The van der Waals surface area contributed by atoms with Crippen LogP contribution >= 0.6 is 0 Å². The molecule has 0 aliphatic carbocycles. The fraction of sp³-hybridized carbons (Fsp3) is 0.533. The third-order valence-electron chi connectivity index (χ3n) is 2.52. The number of hydrogen-bond donors (Lipinski definition) is 2. The minimum Gasteiger partial charge on any atom is -0.494 e. The van der Waals surface area contributed by atoms with Crippen molar-refractivity contribution in [2.45, 2.75) is 32.7 Å². The van der Waals surface area contributed by atoms with Gasteiger partial charge in [-0.1, -0.05) is 18.2 Å². The van der Waals surface area contributed by atoms with Gasteiger partial charge >= 0.3 is 0 Å². The predicted octanol–water partition coefficient (Wildman–Crippen LogP) is 2.42. The van der Waals surface area contributed by atoms with Gasteiger partial charge in [0.1, 0.15) is 5.75 Å². The van der Waals surface area contributed by atoms with Crippen molar-refractivity contribution in [2.24, 2.45) is 4.99 Å². The number of nitrogens with zero attached hydrogens (tertiary/aromatic N) is 1. The molecule has 1 aromatic rings. The molecule has 0 fully saturated rings. The van der Waals surface area contributed by atoms with Crippen molar-refractivity contribution >= 4 is 5.96 Å². The van der Waals surface area contributed by atoms with Gasteiger partial charge in [-0.25, -0.2) is 0 Å². The average Bonchev–Trinajstić information content (AvgIpc) is 2.42. The van der Waals surface area contributed by atoms with Crippen LogP contribution in [0.1, 0.15) is 26.7 Å². The molecule has 0 radical (unpaired) electrons. The second kappa shape index (κ2) is 9.25. The van der Waals surface area contributed by atoms with Gasteiger partial charge in [-0.15, -0.1) is 0 Å². The van der Waals surface area contributed by atoms with Crippen LogP contribution < -0.4 is 15.4 Å². The maximum atomic E-state index is 5.63. The Hall–Kier alpha value is -1.71. The fourth-order valence-electron chi connectivity index (χ4n) is 1.61. The number of ether oxygens (including phenoxy) is 1. The summed E-state index contributed by atoms with van der Waals surface area (Å²) in [6.07, 6.45) is 2.09. The van der Waals surface area contributed by atoms with Crippen LogP contribution in [0.5, 0.6) is 5.75 Å². The SMILES string of the molecule is CN=C(NCCCCOc1ccccc1)NC(C)C. The zero-order valence-electron chi connectivity index (χ0n) is 12.1. The van der Waals surface area contributed by atoms with Crippen LogP contribution in [0.3, 0.4) is 0 Å². The van der Waals surface area contributed by atoms with Gasteiger partial charge in [-0.05, 0) is 38.8 Å². The molecule has 0 aliphatic rings. The van der Waals surface area contributed by atoms with E-state index in [0.717, 1.165) is 37.7 Å². The van der Waals surface area contributed by atoms with Gasteiger partial charge in [-0.2, -0.15) is 0 Å². The molecule has 0 spiro atoms. The molecule has 0 saturated carbocycles. The summed E-state index contributed by atoms with van der Waals surface area (Å²) in [5, 5.41) is 6.54. The zero-order valence-corrected chi connectivity index (χ0v) is 12.1. The lowest BCUT2D eigenvalue weighted by Crippen LogP contribution is -2.41. The summed E-state index contributed by atoms with van der Waals surface area (Å²) in [4.78, 5) is 4.16. The lowest BCUT2D eigenvalue weighted by atomic mass is 10.3. The van der Waals surface area contributed by atoms with Crippen LogP contribution in [0, 0.1) is 0 Å². The van der Waals surface area contributed by atoms with Gasteiger partial charge in [0.05, 0.1) is 6.61 Å². The largest absolute Gasteiger partial charge is 0.494 e. The molecule has 106 valence electrons. The van der Waals surface area contributed by atoms with Crippen molar-refractivity contribution in [1.29, 1.82) is 0 Å². The van der Waals surface area contributed by atoms with Gasteiger partial charge in [0.15, 0.2) is 5.96 Å². The van der Waals surface area contributed by atoms with Crippen molar-refractivity contribution in [1.82, 2.24) is 10.6 Å². The van der Waals surface area contributed by atoms with Crippen molar-refractivity contribution in [3.05, 3.63) is 30.3 Å². The van der Waals surface area contributed by atoms with Crippen molar-refractivity contribution < 1.29 is 4.74 Å². The maximum Gasteiger partial charge on any atom is 0.191 e. The Balaban J connectivity index is 2.05. The van der Waals surface area contributed by atoms with Crippen molar-refractivity contribution in [3.63, 3.8) is 0 Å². The molecule has 0 atom stereocenters. The summed E-state index contributed by atoms with van der Waals surface area (Å²) in [5.41, 5.74) is 0. The highest BCUT2D eigenvalue weighted by Crippen LogP contribution is 2.08. The van der Waals surface area contributed by atoms with Crippen molar-refractivity contribution in [3.8, 4) is 5.75 Å². The first-order valence-corrected chi connectivity index (χ1v) is 6.87. The molecule has 0 aliphatic heterocycles. The minimum atomic E-state index is 0.396. The maximum absolute atomic E-state index is 5.63. The summed E-state index contributed by atoms with van der Waals surface area (Å²) in [6, 6.07) is 10.3. The van der Waals surface area contributed by atoms with E-state index in [1.165, 1.54) is 0 Å². The number of benzene rings is 1. The van der Waals surface area contributed by atoms with Gasteiger partial charge < -0.3 is 15.4 Å². The van der Waals surface area contributed by atoms with Gasteiger partial charge in [0.2, 0.25) is 0 Å². The van der Waals surface area contributed by atoms with E-state index in [1.54, 1.807) is 7.05 Å². The molecule has 0 amide bonds. The van der Waals surface area contributed by atoms with E-state index in [1.807, 2.05) is 30.3 Å². The number of nitrogens with one attached hydrogen (secondary N) is 2. The highest BCUT2D eigenvalue weighted by Gasteiger charge is 1.98. The molecule has 0 saturated heterocycles. The second-order valence-electron chi connectivity index (χ2n) is 4.67. The third-order valence-corrected chi connectivity index (χ3v) is 2.52. The molecule has 2 N–H and O–H groups in total. The Morgan fingerprint density at radius 2 is 1.95 bits per heavy atom. The predicted molar refractivity (Wildman–Crippen MR) is 80.8 cm³/mol. The molecule has 0 heterocycles. The van der Waals surface area contributed by atoms with Crippen LogP contribution in [0.25, 0.3) is 0 Å². The van der Waals surface area contributed by atoms with Gasteiger partial charge in [-0.3, -0.25) is 4.99 Å². The Bertz CT molecular complexity index is 363. The van der Waals surface area contributed by atoms with E-state index < -0.39 is 0 Å². The summed E-state index contributed by atoms with van der Waals surface area (Å²) >= 11 is 0. The lowest BCUT2D eigenvalue weighted by molar-refractivity contribution is 0.307. The van der Waals surface area contributed by atoms with Crippen LogP contribution in [0.4, 0.5) is 0 Å². The number of para-hydroxylation sites is 1. The highest BCUT2D eigenvalue weighted by atomic mass is 16.5. The number of guanidine groups is 1. The molecular weight excluding hydrogens is 238 g/mol. The Morgan fingerprint density at radius 3 is 2.58 bits per heavy atom. The zero-order chi connectivity index (χ0) is 13.9. The van der Waals surface area contributed by atoms with Gasteiger partial charge in [0.25, 0.3) is 0 Å². The Morgan fingerprint density at radius 1 is 1.21 bits per heavy atom. The van der Waals surface area contributed by atoms with E-state index in [4.69, 9.17) is 4.74 Å². The average molecular weight is 263 g/mol. The highest BCUT2D eigenvalue weighted by molar-refractivity contribution is 5.79. The minimum absolute atomic E-state index is 0.396. The molecule has 19 heavy (non-hydrogen) atoms. The molecule has 0 bridgehead atoms.